The zero-order valence-electron chi connectivity index (χ0n) is 10.4. The topological polar surface area (TPSA) is 47.3 Å². The van der Waals surface area contributed by atoms with Crippen molar-refractivity contribution in [3.63, 3.8) is 0 Å². The molecule has 4 nitrogen and oxygen atoms in total. The van der Waals surface area contributed by atoms with Crippen LogP contribution in [0, 0.1) is 6.92 Å². The molecule has 16 heavy (non-hydrogen) atoms. The van der Waals surface area contributed by atoms with Gasteiger partial charge in [-0.1, -0.05) is 0 Å². The van der Waals surface area contributed by atoms with Gasteiger partial charge in [0, 0.05) is 20.6 Å². The van der Waals surface area contributed by atoms with Crippen LogP contribution in [0.25, 0.3) is 0 Å². The van der Waals surface area contributed by atoms with Crippen molar-refractivity contribution in [2.24, 2.45) is 7.05 Å². The van der Waals surface area contributed by atoms with Crippen LogP contribution in [-0.2, 0) is 18.2 Å². The highest BCUT2D eigenvalue weighted by Gasteiger charge is 2.29. The quantitative estimate of drug-likeness (QED) is 0.920. The van der Waals surface area contributed by atoms with Crippen molar-refractivity contribution in [2.45, 2.75) is 38.9 Å². The fourth-order valence-electron chi connectivity index (χ4n) is 1.47. The zero-order chi connectivity index (χ0) is 12.5. The summed E-state index contributed by atoms with van der Waals surface area (Å²) in [5, 5.41) is 14.4. The number of methoxy groups -OCH3 is 1. The summed E-state index contributed by atoms with van der Waals surface area (Å²) in [6.45, 7) is 5.67. The minimum absolute atomic E-state index is 0.513. The number of aromatic nitrogens is 2. The van der Waals surface area contributed by atoms with E-state index in [4.69, 9.17) is 4.74 Å². The Kier molecular flexibility index (Phi) is 4.15. The van der Waals surface area contributed by atoms with Gasteiger partial charge in [-0.2, -0.15) is 5.10 Å². The van der Waals surface area contributed by atoms with Crippen molar-refractivity contribution in [3.05, 3.63) is 15.9 Å². The fourth-order valence-corrected chi connectivity index (χ4v) is 1.96. The first-order chi connectivity index (χ1) is 7.29. The van der Waals surface area contributed by atoms with Crippen LogP contribution in [0.3, 0.4) is 0 Å². The predicted octanol–water partition coefficient (Wildman–Crippen LogP) is 1.82. The maximum absolute atomic E-state index is 10.1. The number of hydrogen-bond donors (Lipinski definition) is 1. The molecule has 1 unspecified atom stereocenters. The van der Waals surface area contributed by atoms with Crippen LogP contribution >= 0.6 is 15.9 Å². The second-order valence-corrected chi connectivity index (χ2v) is 5.29. The third kappa shape index (κ3) is 2.64. The van der Waals surface area contributed by atoms with Crippen LogP contribution < -0.4 is 0 Å². The Morgan fingerprint density at radius 2 is 2.12 bits per heavy atom. The first-order valence-corrected chi connectivity index (χ1v) is 6.00. The molecule has 1 heterocycles. The lowest BCUT2D eigenvalue weighted by Gasteiger charge is -2.29. The molecule has 1 N–H and O–H groups in total. The largest absolute Gasteiger partial charge is 0.390 e. The lowest BCUT2D eigenvalue weighted by Crippen LogP contribution is -2.39. The SMILES string of the molecule is COC(C)(C)C(O)Cc1c(Br)c(C)nn1C. The van der Waals surface area contributed by atoms with E-state index < -0.39 is 11.7 Å². The van der Waals surface area contributed by atoms with E-state index in [0.29, 0.717) is 6.42 Å². The van der Waals surface area contributed by atoms with E-state index in [1.54, 1.807) is 11.8 Å². The minimum atomic E-state index is -0.566. The van der Waals surface area contributed by atoms with Gasteiger partial charge in [0.05, 0.1) is 27.6 Å². The maximum atomic E-state index is 10.1. The van der Waals surface area contributed by atoms with E-state index in [2.05, 4.69) is 21.0 Å². The monoisotopic (exact) mass is 290 g/mol. The summed E-state index contributed by atoms with van der Waals surface area (Å²) >= 11 is 3.48. The van der Waals surface area contributed by atoms with Gasteiger partial charge in [0.15, 0.2) is 0 Å². The average molecular weight is 291 g/mol. The van der Waals surface area contributed by atoms with E-state index in [0.717, 1.165) is 15.9 Å². The molecule has 1 aromatic rings. The molecule has 0 aliphatic rings. The Balaban J connectivity index is 2.89. The number of rotatable bonds is 4. The van der Waals surface area contributed by atoms with Crippen molar-refractivity contribution < 1.29 is 9.84 Å². The van der Waals surface area contributed by atoms with Gasteiger partial charge in [-0.15, -0.1) is 0 Å². The molecule has 92 valence electrons. The van der Waals surface area contributed by atoms with Crippen molar-refractivity contribution in [1.29, 1.82) is 0 Å². The molecular formula is C11H19BrN2O2. The molecule has 1 rings (SSSR count). The number of halogens is 1. The number of aryl methyl sites for hydroxylation is 2. The number of aliphatic hydroxyl groups is 1. The van der Waals surface area contributed by atoms with Crippen LogP contribution in [0.15, 0.2) is 4.47 Å². The molecule has 1 atom stereocenters. The molecule has 0 saturated heterocycles. The molecule has 0 spiro atoms. The second-order valence-electron chi connectivity index (χ2n) is 4.50. The molecule has 0 bridgehead atoms. The normalized spacial score (nSPS) is 14.2. The Labute approximate surface area is 105 Å². The molecule has 0 fully saturated rings. The van der Waals surface area contributed by atoms with Crippen molar-refractivity contribution >= 4 is 15.9 Å². The molecule has 0 amide bonds. The summed E-state index contributed by atoms with van der Waals surface area (Å²) in [5.41, 5.74) is 1.35. The van der Waals surface area contributed by atoms with Crippen molar-refractivity contribution in [3.8, 4) is 0 Å². The number of ether oxygens (including phenoxy) is 1. The van der Waals surface area contributed by atoms with Crippen molar-refractivity contribution in [2.75, 3.05) is 7.11 Å². The van der Waals surface area contributed by atoms with E-state index in [1.807, 2.05) is 27.8 Å². The predicted molar refractivity (Wildman–Crippen MR) is 66.4 cm³/mol. The summed E-state index contributed by atoms with van der Waals surface area (Å²) in [5.74, 6) is 0. The van der Waals surface area contributed by atoms with Gasteiger partial charge in [-0.25, -0.2) is 0 Å². The highest BCUT2D eigenvalue weighted by atomic mass is 79.9. The van der Waals surface area contributed by atoms with Gasteiger partial charge in [0.2, 0.25) is 0 Å². The standard InChI is InChI=1S/C11H19BrN2O2/c1-7-10(12)8(14(4)13-7)6-9(15)11(2,3)16-5/h9,15H,6H2,1-5H3. The molecule has 0 aliphatic heterocycles. The average Bonchev–Trinajstić information content (AvgIpc) is 2.45. The summed E-state index contributed by atoms with van der Waals surface area (Å²) in [6.07, 6.45) is -0.0534. The first-order valence-electron chi connectivity index (χ1n) is 5.20. The Bertz CT molecular complexity index is 374. The van der Waals surface area contributed by atoms with Gasteiger partial charge in [0.25, 0.3) is 0 Å². The van der Waals surface area contributed by atoms with E-state index in [1.165, 1.54) is 0 Å². The smallest absolute Gasteiger partial charge is 0.0884 e. The van der Waals surface area contributed by atoms with Crippen LogP contribution in [0.5, 0.6) is 0 Å². The third-order valence-corrected chi connectivity index (χ3v) is 4.01. The number of nitrogens with zero attached hydrogens (tertiary/aromatic N) is 2. The van der Waals surface area contributed by atoms with Gasteiger partial charge in [-0.3, -0.25) is 4.68 Å². The summed E-state index contributed by atoms with van der Waals surface area (Å²) in [7, 11) is 3.48. The van der Waals surface area contributed by atoms with E-state index >= 15 is 0 Å². The number of aliphatic hydroxyl groups excluding tert-OH is 1. The van der Waals surface area contributed by atoms with Gasteiger partial charge in [-0.05, 0) is 36.7 Å². The van der Waals surface area contributed by atoms with E-state index in [9.17, 15) is 5.11 Å². The Morgan fingerprint density at radius 1 is 1.56 bits per heavy atom. The Morgan fingerprint density at radius 3 is 2.50 bits per heavy atom. The van der Waals surface area contributed by atoms with Crippen LogP contribution in [-0.4, -0.2) is 33.7 Å². The van der Waals surface area contributed by atoms with Gasteiger partial charge < -0.3 is 9.84 Å². The summed E-state index contributed by atoms with van der Waals surface area (Å²) in [4.78, 5) is 0. The van der Waals surface area contributed by atoms with Crippen molar-refractivity contribution in [1.82, 2.24) is 9.78 Å². The summed E-state index contributed by atoms with van der Waals surface area (Å²) in [6, 6.07) is 0. The molecule has 0 aliphatic carbocycles. The fraction of sp³-hybridized carbons (Fsp3) is 0.727. The molecular weight excluding hydrogens is 272 g/mol. The molecule has 0 radical (unpaired) electrons. The lowest BCUT2D eigenvalue weighted by molar-refractivity contribution is -0.0771. The van der Waals surface area contributed by atoms with Crippen LogP contribution in [0.1, 0.15) is 25.2 Å². The van der Waals surface area contributed by atoms with Gasteiger partial charge >= 0.3 is 0 Å². The first kappa shape index (κ1) is 13.7. The molecule has 0 saturated carbocycles. The minimum Gasteiger partial charge on any atom is -0.390 e. The second kappa shape index (κ2) is 4.85. The molecule has 1 aromatic heterocycles. The molecule has 0 aromatic carbocycles. The summed E-state index contributed by atoms with van der Waals surface area (Å²) < 4.78 is 8.01. The van der Waals surface area contributed by atoms with E-state index in [-0.39, 0.29) is 0 Å². The highest BCUT2D eigenvalue weighted by molar-refractivity contribution is 9.10. The van der Waals surface area contributed by atoms with Crippen LogP contribution in [0.4, 0.5) is 0 Å². The Hall–Kier alpha value is -0.390. The number of hydrogen-bond acceptors (Lipinski definition) is 3. The zero-order valence-corrected chi connectivity index (χ0v) is 12.0. The molecule has 5 heteroatoms. The van der Waals surface area contributed by atoms with Gasteiger partial charge in [0.1, 0.15) is 0 Å². The van der Waals surface area contributed by atoms with Crippen LogP contribution in [0.2, 0.25) is 0 Å². The highest BCUT2D eigenvalue weighted by Crippen LogP contribution is 2.25. The maximum Gasteiger partial charge on any atom is 0.0884 e. The lowest BCUT2D eigenvalue weighted by atomic mass is 9.97. The third-order valence-electron chi connectivity index (χ3n) is 2.98.